The molecule has 0 N–H and O–H groups in total. The predicted molar refractivity (Wildman–Crippen MR) is 370 cm³/mol. The molecule has 2 aliphatic rings. The molecule has 416 valence electrons. The highest BCUT2D eigenvalue weighted by Gasteiger charge is 2.46. The van der Waals surface area contributed by atoms with Crippen molar-refractivity contribution in [3.8, 4) is 33.4 Å². The minimum absolute atomic E-state index is 0.351. The summed E-state index contributed by atoms with van der Waals surface area (Å²) in [5, 5.41) is 0. The summed E-state index contributed by atoms with van der Waals surface area (Å²) in [4.78, 5) is 4.81. The first-order valence-electron chi connectivity index (χ1n) is 30.1. The van der Waals surface area contributed by atoms with Gasteiger partial charge in [0.25, 0.3) is 0 Å². The monoisotopic (exact) mass is 1110 g/mol. The SMILES string of the molecule is C=Cc1ccc(CC2(Cc3ccc(C=C)cc3)c3ccccc3-c3ccc(N(c4ccccc4)c4ccc(-c5ccc(N(c6ccccc6)c6ccc7c(c6)C(Cc6ccc(C=C)cc6)(c6ccc(C=C)cc6)c6ccccc6-7)cc5)cc4)cc32)cc1. The second-order valence-electron chi connectivity index (χ2n) is 23.2. The van der Waals surface area contributed by atoms with Gasteiger partial charge in [-0.05, 0) is 192 Å². The lowest BCUT2D eigenvalue weighted by molar-refractivity contribution is 0.520. The smallest absolute Gasteiger partial charge is 0.0504 e. The van der Waals surface area contributed by atoms with Gasteiger partial charge in [-0.1, -0.05) is 269 Å². The standard InChI is InChI=1S/C85H66N2/c1-5-60-27-33-64(34-28-60)57-84(58-65-35-29-61(6-2)30-36-65)80-25-17-15-23-76(80)78-53-51-74(55-82(78)84)86(70-19-11-9-12-20-70)72-47-41-67(42-48-72)68-43-49-73(50-44-68)87(71-21-13-10-14-22-71)75-52-54-79-77-24-16-18-26-81(77)85(83(79)56-75,69-45-39-63(8-4)40-46-69)59-66-37-31-62(7-3)32-38-66/h5-56H,1-4,57-59H2. The van der Waals surface area contributed by atoms with Crippen molar-refractivity contribution in [1.29, 1.82) is 0 Å². The molecule has 0 fully saturated rings. The lowest BCUT2D eigenvalue weighted by atomic mass is 9.68. The average Bonchev–Trinajstić information content (AvgIpc) is 1.75. The minimum atomic E-state index is -0.472. The topological polar surface area (TPSA) is 6.48 Å². The van der Waals surface area contributed by atoms with E-state index in [-0.39, 0.29) is 5.41 Å². The van der Waals surface area contributed by atoms with Crippen LogP contribution in [0.5, 0.6) is 0 Å². The molecule has 12 aromatic rings. The van der Waals surface area contributed by atoms with Crippen molar-refractivity contribution < 1.29 is 0 Å². The molecule has 0 bridgehead atoms. The van der Waals surface area contributed by atoms with E-state index in [9.17, 15) is 0 Å². The molecule has 0 amide bonds. The maximum atomic E-state index is 4.10. The van der Waals surface area contributed by atoms with Crippen molar-refractivity contribution in [2.45, 2.75) is 30.1 Å². The molecule has 1 unspecified atom stereocenters. The van der Waals surface area contributed by atoms with Crippen LogP contribution in [0.15, 0.2) is 318 Å². The van der Waals surface area contributed by atoms with Gasteiger partial charge < -0.3 is 9.80 Å². The zero-order valence-electron chi connectivity index (χ0n) is 48.9. The first-order chi connectivity index (χ1) is 42.9. The van der Waals surface area contributed by atoms with Crippen LogP contribution in [0, 0.1) is 0 Å². The molecule has 0 saturated heterocycles. The largest absolute Gasteiger partial charge is 0.310 e. The Hall–Kier alpha value is -10.8. The Kier molecular flexibility index (Phi) is 14.3. The molecule has 2 heteroatoms. The van der Waals surface area contributed by atoms with Crippen molar-refractivity contribution in [1.82, 2.24) is 0 Å². The highest BCUT2D eigenvalue weighted by molar-refractivity contribution is 5.90. The molecule has 0 spiro atoms. The van der Waals surface area contributed by atoms with Crippen LogP contribution >= 0.6 is 0 Å². The highest BCUT2D eigenvalue weighted by atomic mass is 15.1. The number of anilines is 6. The zero-order chi connectivity index (χ0) is 58.9. The fourth-order valence-corrected chi connectivity index (χ4v) is 14.0. The van der Waals surface area contributed by atoms with Gasteiger partial charge in [-0.2, -0.15) is 0 Å². The van der Waals surface area contributed by atoms with Gasteiger partial charge in [0, 0.05) is 39.5 Å². The van der Waals surface area contributed by atoms with Gasteiger partial charge in [-0.25, -0.2) is 0 Å². The summed E-state index contributed by atoms with van der Waals surface area (Å²) in [7, 11) is 0. The summed E-state index contributed by atoms with van der Waals surface area (Å²) >= 11 is 0. The Labute approximate surface area is 513 Å². The summed E-state index contributed by atoms with van der Waals surface area (Å²) in [6.45, 7) is 16.2. The second kappa shape index (κ2) is 23.0. The Morgan fingerprint density at radius 1 is 0.264 bits per heavy atom. The fraction of sp³-hybridized carbons (Fsp3) is 0.0588. The van der Waals surface area contributed by atoms with Gasteiger partial charge in [0.05, 0.1) is 5.41 Å². The Balaban J connectivity index is 0.831. The lowest BCUT2D eigenvalue weighted by Gasteiger charge is -2.34. The molecule has 2 aliphatic carbocycles. The Morgan fingerprint density at radius 3 is 1.05 bits per heavy atom. The van der Waals surface area contributed by atoms with Gasteiger partial charge in [0.2, 0.25) is 0 Å². The van der Waals surface area contributed by atoms with Crippen LogP contribution in [0.1, 0.15) is 66.8 Å². The number of nitrogens with zero attached hydrogens (tertiary/aromatic N) is 2. The maximum Gasteiger partial charge on any atom is 0.0504 e. The molecule has 87 heavy (non-hydrogen) atoms. The normalized spacial score (nSPS) is 14.0. The number of benzene rings is 12. The number of hydrogen-bond acceptors (Lipinski definition) is 2. The third kappa shape index (κ3) is 9.86. The van der Waals surface area contributed by atoms with Crippen LogP contribution in [0.3, 0.4) is 0 Å². The van der Waals surface area contributed by atoms with E-state index < -0.39 is 5.41 Å². The molecular weight excluding hydrogens is 1050 g/mol. The summed E-state index contributed by atoms with van der Waals surface area (Å²) in [6.07, 6.45) is 10.1. The third-order valence-corrected chi connectivity index (χ3v) is 18.3. The van der Waals surface area contributed by atoms with E-state index in [0.717, 1.165) is 86.8 Å². The van der Waals surface area contributed by atoms with Gasteiger partial charge in [0.1, 0.15) is 0 Å². The van der Waals surface area contributed by atoms with E-state index >= 15 is 0 Å². The second-order valence-corrected chi connectivity index (χ2v) is 23.2. The van der Waals surface area contributed by atoms with Gasteiger partial charge in [-0.3, -0.25) is 0 Å². The van der Waals surface area contributed by atoms with Gasteiger partial charge in [-0.15, -0.1) is 0 Å². The molecule has 14 rings (SSSR count). The number of para-hydroxylation sites is 2. The summed E-state index contributed by atoms with van der Waals surface area (Å²) in [6, 6.07) is 108. The lowest BCUT2D eigenvalue weighted by Crippen LogP contribution is -2.31. The maximum absolute atomic E-state index is 4.10. The van der Waals surface area contributed by atoms with Crippen LogP contribution in [0.25, 0.3) is 57.7 Å². The van der Waals surface area contributed by atoms with E-state index in [1.54, 1.807) is 0 Å². The molecule has 0 radical (unpaired) electrons. The van der Waals surface area contributed by atoms with Crippen molar-refractivity contribution in [3.05, 3.63) is 384 Å². The van der Waals surface area contributed by atoms with Crippen molar-refractivity contribution in [2.75, 3.05) is 9.80 Å². The Morgan fingerprint density at radius 2 is 0.598 bits per heavy atom. The number of rotatable bonds is 18. The summed E-state index contributed by atoms with van der Waals surface area (Å²) in [5.74, 6) is 0. The summed E-state index contributed by atoms with van der Waals surface area (Å²) in [5.41, 5.74) is 27.9. The predicted octanol–water partition coefficient (Wildman–Crippen LogP) is 22.2. The highest BCUT2D eigenvalue weighted by Crippen LogP contribution is 2.57. The third-order valence-electron chi connectivity index (χ3n) is 18.3. The van der Waals surface area contributed by atoms with Crippen LogP contribution in [0.4, 0.5) is 34.1 Å². The van der Waals surface area contributed by atoms with Crippen molar-refractivity contribution >= 4 is 58.4 Å². The molecule has 0 aliphatic heterocycles. The zero-order valence-corrected chi connectivity index (χ0v) is 48.9. The van der Waals surface area contributed by atoms with Crippen LogP contribution in [0.2, 0.25) is 0 Å². The summed E-state index contributed by atoms with van der Waals surface area (Å²) < 4.78 is 0. The number of fused-ring (bicyclic) bond motifs is 6. The van der Waals surface area contributed by atoms with Crippen LogP contribution in [-0.4, -0.2) is 0 Å². The fourth-order valence-electron chi connectivity index (χ4n) is 14.0. The molecule has 1 atom stereocenters. The van der Waals surface area contributed by atoms with Crippen LogP contribution < -0.4 is 9.80 Å². The van der Waals surface area contributed by atoms with E-state index in [2.05, 4.69) is 327 Å². The van der Waals surface area contributed by atoms with Gasteiger partial charge >= 0.3 is 0 Å². The molecule has 0 aromatic heterocycles. The van der Waals surface area contributed by atoms with E-state index in [4.69, 9.17) is 0 Å². The average molecular weight is 1120 g/mol. The number of hydrogen-bond donors (Lipinski definition) is 0. The van der Waals surface area contributed by atoms with Crippen molar-refractivity contribution in [2.24, 2.45) is 0 Å². The molecule has 2 nitrogen and oxygen atoms in total. The molecule has 12 aromatic carbocycles. The first-order valence-corrected chi connectivity index (χ1v) is 30.1. The molecule has 0 saturated carbocycles. The van der Waals surface area contributed by atoms with E-state index in [1.807, 2.05) is 24.3 Å². The van der Waals surface area contributed by atoms with Gasteiger partial charge in [0.15, 0.2) is 0 Å². The molecule has 0 heterocycles. The minimum Gasteiger partial charge on any atom is -0.310 e. The van der Waals surface area contributed by atoms with Crippen LogP contribution in [-0.2, 0) is 30.1 Å². The molecular formula is C85H66N2. The van der Waals surface area contributed by atoms with Crippen molar-refractivity contribution in [3.63, 3.8) is 0 Å². The first kappa shape index (κ1) is 54.2. The Bertz CT molecular complexity index is 4450. The quantitative estimate of drug-likeness (QED) is 0.0845. The van der Waals surface area contributed by atoms with E-state index in [0.29, 0.717) is 0 Å². The van der Waals surface area contributed by atoms with E-state index in [1.165, 1.54) is 66.8 Å².